The molecule has 0 amide bonds. The number of guanidine groups is 1. The van der Waals surface area contributed by atoms with Crippen LogP contribution in [-0.2, 0) is 10.2 Å². The Bertz CT molecular complexity index is 560. The van der Waals surface area contributed by atoms with E-state index in [4.69, 9.17) is 4.74 Å². The quantitative estimate of drug-likeness (QED) is 0.578. The zero-order valence-corrected chi connectivity index (χ0v) is 16.3. The Morgan fingerprint density at radius 1 is 1.08 bits per heavy atom. The number of nitrogens with zero attached hydrogens (tertiary/aromatic N) is 1. The van der Waals surface area contributed by atoms with Crippen LogP contribution in [0, 0.1) is 0 Å². The van der Waals surface area contributed by atoms with Crippen molar-refractivity contribution in [2.24, 2.45) is 4.99 Å². The Balaban J connectivity index is 1.53. The molecular formula is C20H31N3OS. The van der Waals surface area contributed by atoms with Crippen LogP contribution in [0.4, 0.5) is 0 Å². The lowest BCUT2D eigenvalue weighted by atomic mass is 9.96. The summed E-state index contributed by atoms with van der Waals surface area (Å²) in [7, 11) is 1.86. The molecule has 0 spiro atoms. The Labute approximate surface area is 156 Å². The van der Waals surface area contributed by atoms with E-state index in [0.29, 0.717) is 5.41 Å². The van der Waals surface area contributed by atoms with E-state index in [2.05, 4.69) is 64.6 Å². The molecule has 138 valence electrons. The molecule has 0 bridgehead atoms. The summed E-state index contributed by atoms with van der Waals surface area (Å²) in [5, 5.41) is 7.15. The molecule has 1 aliphatic heterocycles. The van der Waals surface area contributed by atoms with E-state index in [0.717, 1.165) is 50.9 Å². The lowest BCUT2D eigenvalue weighted by molar-refractivity contribution is 0.0782. The van der Waals surface area contributed by atoms with Crippen molar-refractivity contribution in [3.63, 3.8) is 0 Å². The van der Waals surface area contributed by atoms with Gasteiger partial charge in [0, 0.05) is 43.5 Å². The molecule has 1 heterocycles. The molecule has 2 aliphatic rings. The van der Waals surface area contributed by atoms with Crippen LogP contribution in [0.3, 0.4) is 0 Å². The normalized spacial score (nSPS) is 21.6. The monoisotopic (exact) mass is 361 g/mol. The van der Waals surface area contributed by atoms with Crippen LogP contribution in [0.2, 0.25) is 0 Å². The van der Waals surface area contributed by atoms with Crippen LogP contribution in [0.1, 0.15) is 38.2 Å². The van der Waals surface area contributed by atoms with Gasteiger partial charge in [0.05, 0.1) is 0 Å². The first-order chi connectivity index (χ1) is 12.2. The first-order valence-corrected chi connectivity index (χ1v) is 10.4. The molecule has 1 aliphatic carbocycles. The van der Waals surface area contributed by atoms with Crippen molar-refractivity contribution < 1.29 is 4.74 Å². The second-order valence-electron chi connectivity index (χ2n) is 7.15. The van der Waals surface area contributed by atoms with E-state index in [1.54, 1.807) is 0 Å². The van der Waals surface area contributed by atoms with Crippen LogP contribution in [0.15, 0.2) is 35.3 Å². The Morgan fingerprint density at radius 3 is 2.36 bits per heavy atom. The fraction of sp³-hybridized carbons (Fsp3) is 0.650. The van der Waals surface area contributed by atoms with E-state index < -0.39 is 0 Å². The highest BCUT2D eigenvalue weighted by Gasteiger charge is 2.44. The second-order valence-corrected chi connectivity index (χ2v) is 8.89. The zero-order valence-electron chi connectivity index (χ0n) is 15.5. The van der Waals surface area contributed by atoms with Crippen molar-refractivity contribution >= 4 is 17.7 Å². The molecule has 3 rings (SSSR count). The van der Waals surface area contributed by atoms with Crippen molar-refractivity contribution in [1.29, 1.82) is 0 Å². The molecule has 0 aromatic heterocycles. The third kappa shape index (κ3) is 4.70. The number of benzene rings is 1. The van der Waals surface area contributed by atoms with Crippen LogP contribution in [0.25, 0.3) is 0 Å². The van der Waals surface area contributed by atoms with E-state index in [1.165, 1.54) is 18.4 Å². The zero-order chi connectivity index (χ0) is 17.6. The van der Waals surface area contributed by atoms with Crippen LogP contribution >= 0.6 is 11.8 Å². The van der Waals surface area contributed by atoms with Gasteiger partial charge in [-0.15, -0.1) is 0 Å². The van der Waals surface area contributed by atoms with Crippen molar-refractivity contribution in [1.82, 2.24) is 10.6 Å². The molecule has 0 atom stereocenters. The molecule has 2 N–H and O–H groups in total. The van der Waals surface area contributed by atoms with Crippen molar-refractivity contribution in [3.05, 3.63) is 35.9 Å². The fourth-order valence-electron chi connectivity index (χ4n) is 3.65. The second kappa shape index (κ2) is 8.45. The van der Waals surface area contributed by atoms with E-state index >= 15 is 0 Å². The predicted octanol–water partition coefficient (Wildman–Crippen LogP) is 3.19. The maximum atomic E-state index is 5.57. The number of hydrogen-bond acceptors (Lipinski definition) is 3. The van der Waals surface area contributed by atoms with Gasteiger partial charge in [-0.3, -0.25) is 4.99 Å². The highest BCUT2D eigenvalue weighted by atomic mass is 32.2. The number of nitrogens with one attached hydrogen (secondary N) is 2. The minimum absolute atomic E-state index is 0.279. The summed E-state index contributed by atoms with van der Waals surface area (Å²) < 4.78 is 5.85. The van der Waals surface area contributed by atoms with Gasteiger partial charge in [0.2, 0.25) is 0 Å². The first-order valence-electron chi connectivity index (χ1n) is 9.44. The van der Waals surface area contributed by atoms with E-state index in [1.807, 2.05) is 7.05 Å². The summed E-state index contributed by atoms with van der Waals surface area (Å²) in [6, 6.07) is 10.9. The molecule has 1 saturated carbocycles. The van der Waals surface area contributed by atoms with Gasteiger partial charge in [0.15, 0.2) is 5.96 Å². The number of hydrogen-bond donors (Lipinski definition) is 2. The molecule has 1 aromatic rings. The SMILES string of the molecule is CCSC1(CNC(=NC)NCC2(c3ccccc3)CC2)CCOCC1. The van der Waals surface area contributed by atoms with Gasteiger partial charge in [0.25, 0.3) is 0 Å². The Morgan fingerprint density at radius 2 is 1.76 bits per heavy atom. The van der Waals surface area contributed by atoms with Gasteiger partial charge in [-0.25, -0.2) is 0 Å². The van der Waals surface area contributed by atoms with Gasteiger partial charge >= 0.3 is 0 Å². The fourth-order valence-corrected chi connectivity index (χ4v) is 4.89. The van der Waals surface area contributed by atoms with Crippen molar-refractivity contribution in [2.75, 3.05) is 39.1 Å². The van der Waals surface area contributed by atoms with Crippen molar-refractivity contribution in [3.8, 4) is 0 Å². The first kappa shape index (κ1) is 18.6. The summed E-state index contributed by atoms with van der Waals surface area (Å²) in [4.78, 5) is 4.44. The van der Waals surface area contributed by atoms with Gasteiger partial charge in [-0.2, -0.15) is 11.8 Å². The molecule has 0 unspecified atom stereocenters. The average Bonchev–Trinajstić information content (AvgIpc) is 3.45. The average molecular weight is 362 g/mol. The summed E-state index contributed by atoms with van der Waals surface area (Å²) >= 11 is 2.06. The van der Waals surface area contributed by atoms with Crippen LogP contribution in [-0.4, -0.2) is 49.8 Å². The topological polar surface area (TPSA) is 45.7 Å². The highest BCUT2D eigenvalue weighted by Crippen LogP contribution is 2.47. The van der Waals surface area contributed by atoms with Crippen LogP contribution < -0.4 is 10.6 Å². The van der Waals surface area contributed by atoms with Gasteiger partial charge in [-0.1, -0.05) is 37.3 Å². The number of aliphatic imine (C=N–C) groups is 1. The molecule has 1 saturated heterocycles. The lowest BCUT2D eigenvalue weighted by Gasteiger charge is -2.37. The van der Waals surface area contributed by atoms with Crippen molar-refractivity contribution in [2.45, 2.75) is 42.8 Å². The highest BCUT2D eigenvalue weighted by molar-refractivity contribution is 8.00. The van der Waals surface area contributed by atoms with Gasteiger partial charge < -0.3 is 15.4 Å². The minimum atomic E-state index is 0.279. The molecule has 0 radical (unpaired) electrons. The molecule has 1 aromatic carbocycles. The minimum Gasteiger partial charge on any atom is -0.381 e. The summed E-state index contributed by atoms with van der Waals surface area (Å²) in [6.45, 7) is 5.89. The maximum absolute atomic E-state index is 5.57. The smallest absolute Gasteiger partial charge is 0.191 e. The molecule has 25 heavy (non-hydrogen) atoms. The Hall–Kier alpha value is -1.20. The number of thioether (sulfide) groups is 1. The Kier molecular flexibility index (Phi) is 6.29. The van der Waals surface area contributed by atoms with E-state index in [9.17, 15) is 0 Å². The van der Waals surface area contributed by atoms with E-state index in [-0.39, 0.29) is 4.75 Å². The lowest BCUT2D eigenvalue weighted by Crippen LogP contribution is -2.49. The largest absolute Gasteiger partial charge is 0.381 e. The maximum Gasteiger partial charge on any atom is 0.191 e. The summed E-state index contributed by atoms with van der Waals surface area (Å²) in [6.07, 6.45) is 4.74. The predicted molar refractivity (Wildman–Crippen MR) is 108 cm³/mol. The third-order valence-electron chi connectivity index (χ3n) is 5.49. The standard InChI is InChI=1S/C20H31N3OS/c1-3-25-20(11-13-24-14-12-20)16-23-18(21-2)22-15-19(9-10-19)17-7-5-4-6-8-17/h4-8H,3,9-16H2,1-2H3,(H2,21,22,23). The number of ether oxygens (including phenoxy) is 1. The summed E-state index contributed by atoms with van der Waals surface area (Å²) in [5.74, 6) is 2.06. The van der Waals surface area contributed by atoms with Gasteiger partial charge in [0.1, 0.15) is 0 Å². The molecule has 2 fully saturated rings. The molecule has 5 heteroatoms. The molecular weight excluding hydrogens is 330 g/mol. The van der Waals surface area contributed by atoms with Crippen LogP contribution in [0.5, 0.6) is 0 Å². The third-order valence-corrected chi connectivity index (χ3v) is 6.94. The molecule has 4 nitrogen and oxygen atoms in total. The number of rotatable bonds is 7. The van der Waals surface area contributed by atoms with Gasteiger partial charge in [-0.05, 0) is 37.0 Å². The summed E-state index contributed by atoms with van der Waals surface area (Å²) in [5.41, 5.74) is 1.74.